The lowest BCUT2D eigenvalue weighted by Crippen LogP contribution is -1.99. The molecule has 2 aromatic rings. The molecule has 0 aliphatic rings. The number of nitrogen functional groups attached to an aromatic ring is 1. The van der Waals surface area contributed by atoms with Gasteiger partial charge >= 0.3 is 0 Å². The number of para-hydroxylation sites is 1. The summed E-state index contributed by atoms with van der Waals surface area (Å²) < 4.78 is 7.59. The topological polar surface area (TPSA) is 47.3 Å². The van der Waals surface area contributed by atoms with Crippen LogP contribution in [0.2, 0.25) is 0 Å². The third-order valence-electron chi connectivity index (χ3n) is 2.63. The molecule has 0 radical (unpaired) electrons. The number of benzene rings is 2. The van der Waals surface area contributed by atoms with E-state index >= 15 is 0 Å². The Morgan fingerprint density at radius 2 is 1.85 bits per heavy atom. The third-order valence-corrected chi connectivity index (χ3v) is 3.96. The van der Waals surface area contributed by atoms with Gasteiger partial charge in [0, 0.05) is 32.5 Å². The fourth-order valence-electron chi connectivity index (χ4n) is 1.76. The van der Waals surface area contributed by atoms with Crippen LogP contribution in [0.15, 0.2) is 45.3 Å². The van der Waals surface area contributed by atoms with E-state index in [4.69, 9.17) is 10.5 Å². The van der Waals surface area contributed by atoms with Gasteiger partial charge in [0.15, 0.2) is 0 Å². The van der Waals surface area contributed by atoms with Crippen molar-refractivity contribution in [1.82, 2.24) is 0 Å². The Labute approximate surface area is 135 Å². The monoisotopic (exact) mass is 398 g/mol. The lowest BCUT2D eigenvalue weighted by Gasteiger charge is -2.13. The van der Waals surface area contributed by atoms with Gasteiger partial charge in [-0.15, -0.1) is 0 Å². The standard InChI is InChI=1S/C15H16Br2N2O/c1-2-6-20-12-8-10(18)7-11(9-12)19-15-13(16)4-3-5-14(15)17/h3-5,7-9,19H,2,6,18H2,1H3. The molecule has 0 aromatic heterocycles. The summed E-state index contributed by atoms with van der Waals surface area (Å²) >= 11 is 7.06. The predicted molar refractivity (Wildman–Crippen MR) is 91.8 cm³/mol. The average molecular weight is 400 g/mol. The van der Waals surface area contributed by atoms with Crippen LogP contribution in [0.5, 0.6) is 5.75 Å². The van der Waals surface area contributed by atoms with E-state index in [2.05, 4.69) is 44.1 Å². The van der Waals surface area contributed by atoms with Gasteiger partial charge < -0.3 is 15.8 Å². The highest BCUT2D eigenvalue weighted by Crippen LogP contribution is 2.34. The van der Waals surface area contributed by atoms with Crippen molar-refractivity contribution in [1.29, 1.82) is 0 Å². The van der Waals surface area contributed by atoms with Crippen molar-refractivity contribution in [3.05, 3.63) is 45.3 Å². The van der Waals surface area contributed by atoms with Crippen molar-refractivity contribution in [2.45, 2.75) is 13.3 Å². The number of ether oxygens (including phenoxy) is 1. The molecule has 0 heterocycles. The summed E-state index contributed by atoms with van der Waals surface area (Å²) in [7, 11) is 0. The first-order valence-corrected chi connectivity index (χ1v) is 7.93. The van der Waals surface area contributed by atoms with Crippen LogP contribution < -0.4 is 15.8 Å². The van der Waals surface area contributed by atoms with Gasteiger partial charge in [0.1, 0.15) is 5.75 Å². The molecule has 3 nitrogen and oxygen atoms in total. The minimum absolute atomic E-state index is 0.671. The summed E-state index contributed by atoms with van der Waals surface area (Å²) in [6.07, 6.45) is 0.966. The SMILES string of the molecule is CCCOc1cc(N)cc(Nc2c(Br)cccc2Br)c1. The Kier molecular flexibility index (Phi) is 5.31. The molecule has 3 N–H and O–H groups in total. The van der Waals surface area contributed by atoms with E-state index in [-0.39, 0.29) is 0 Å². The van der Waals surface area contributed by atoms with Gasteiger partial charge in [0.05, 0.1) is 12.3 Å². The molecule has 0 amide bonds. The van der Waals surface area contributed by atoms with Crippen molar-refractivity contribution in [2.24, 2.45) is 0 Å². The van der Waals surface area contributed by atoms with Crippen LogP contribution in [-0.2, 0) is 0 Å². The number of nitrogens with two attached hydrogens (primary N) is 1. The molecule has 0 atom stereocenters. The van der Waals surface area contributed by atoms with E-state index in [0.29, 0.717) is 12.3 Å². The number of hydrogen-bond donors (Lipinski definition) is 2. The minimum Gasteiger partial charge on any atom is -0.493 e. The number of rotatable bonds is 5. The number of anilines is 3. The van der Waals surface area contributed by atoms with Gasteiger partial charge in [0.25, 0.3) is 0 Å². The van der Waals surface area contributed by atoms with E-state index < -0.39 is 0 Å². The highest BCUT2D eigenvalue weighted by atomic mass is 79.9. The first-order chi connectivity index (χ1) is 9.60. The summed E-state index contributed by atoms with van der Waals surface area (Å²) in [5, 5.41) is 3.34. The molecule has 2 rings (SSSR count). The van der Waals surface area contributed by atoms with Crippen molar-refractivity contribution in [2.75, 3.05) is 17.7 Å². The van der Waals surface area contributed by atoms with E-state index in [9.17, 15) is 0 Å². The second kappa shape index (κ2) is 6.99. The van der Waals surface area contributed by atoms with Crippen molar-refractivity contribution in [3.63, 3.8) is 0 Å². The fraction of sp³-hybridized carbons (Fsp3) is 0.200. The van der Waals surface area contributed by atoms with E-state index in [0.717, 1.165) is 32.5 Å². The Hall–Kier alpha value is -1.20. The van der Waals surface area contributed by atoms with E-state index in [1.54, 1.807) is 0 Å². The molecule has 2 aromatic carbocycles. The highest BCUT2D eigenvalue weighted by Gasteiger charge is 2.06. The summed E-state index contributed by atoms with van der Waals surface area (Å²) in [5.74, 6) is 0.775. The summed E-state index contributed by atoms with van der Waals surface area (Å²) in [5.41, 5.74) is 8.44. The average Bonchev–Trinajstić information content (AvgIpc) is 2.40. The quantitative estimate of drug-likeness (QED) is 0.668. The van der Waals surface area contributed by atoms with Crippen LogP contribution in [0.4, 0.5) is 17.1 Å². The zero-order valence-corrected chi connectivity index (χ0v) is 14.3. The third kappa shape index (κ3) is 3.90. The first kappa shape index (κ1) is 15.2. The maximum atomic E-state index is 5.92. The Balaban J connectivity index is 2.27. The second-order valence-electron chi connectivity index (χ2n) is 4.36. The lowest BCUT2D eigenvalue weighted by atomic mass is 10.2. The zero-order valence-electron chi connectivity index (χ0n) is 11.1. The van der Waals surface area contributed by atoms with Crippen LogP contribution in [0.25, 0.3) is 0 Å². The Bertz CT molecular complexity index is 582. The van der Waals surface area contributed by atoms with Gasteiger partial charge in [-0.1, -0.05) is 13.0 Å². The minimum atomic E-state index is 0.671. The Morgan fingerprint density at radius 1 is 1.15 bits per heavy atom. The largest absolute Gasteiger partial charge is 0.493 e. The molecule has 5 heteroatoms. The maximum Gasteiger partial charge on any atom is 0.123 e. The van der Waals surface area contributed by atoms with Crippen molar-refractivity contribution in [3.8, 4) is 5.75 Å². The van der Waals surface area contributed by atoms with Crippen LogP contribution in [0.3, 0.4) is 0 Å². The van der Waals surface area contributed by atoms with Crippen molar-refractivity contribution < 1.29 is 4.74 Å². The summed E-state index contributed by atoms with van der Waals surface area (Å²) in [4.78, 5) is 0. The number of nitrogens with one attached hydrogen (secondary N) is 1. The Morgan fingerprint density at radius 3 is 2.50 bits per heavy atom. The van der Waals surface area contributed by atoms with Crippen LogP contribution in [-0.4, -0.2) is 6.61 Å². The second-order valence-corrected chi connectivity index (χ2v) is 6.07. The molecule has 0 fully saturated rings. The van der Waals surface area contributed by atoms with Gasteiger partial charge in [-0.25, -0.2) is 0 Å². The zero-order chi connectivity index (χ0) is 14.5. The van der Waals surface area contributed by atoms with Gasteiger partial charge in [-0.05, 0) is 56.5 Å². The molecule has 0 spiro atoms. The lowest BCUT2D eigenvalue weighted by molar-refractivity contribution is 0.318. The molecule has 0 saturated carbocycles. The molecule has 0 bridgehead atoms. The fourth-order valence-corrected chi connectivity index (χ4v) is 2.96. The molecule has 20 heavy (non-hydrogen) atoms. The molecule has 0 aliphatic heterocycles. The maximum absolute atomic E-state index is 5.92. The van der Waals surface area contributed by atoms with Gasteiger partial charge in [-0.2, -0.15) is 0 Å². The van der Waals surface area contributed by atoms with Crippen LogP contribution >= 0.6 is 31.9 Å². The number of halogens is 2. The van der Waals surface area contributed by atoms with Crippen molar-refractivity contribution >= 4 is 48.9 Å². The molecule has 106 valence electrons. The van der Waals surface area contributed by atoms with E-state index in [1.807, 2.05) is 36.4 Å². The van der Waals surface area contributed by atoms with E-state index in [1.165, 1.54) is 0 Å². The summed E-state index contributed by atoms with van der Waals surface area (Å²) in [6.45, 7) is 2.76. The molecule has 0 saturated heterocycles. The molecule has 0 aliphatic carbocycles. The normalized spacial score (nSPS) is 10.3. The van der Waals surface area contributed by atoms with Gasteiger partial charge in [0.2, 0.25) is 0 Å². The highest BCUT2D eigenvalue weighted by molar-refractivity contribution is 9.11. The molecular formula is C15H16Br2N2O. The smallest absolute Gasteiger partial charge is 0.123 e. The molecular weight excluding hydrogens is 384 g/mol. The van der Waals surface area contributed by atoms with Crippen LogP contribution in [0.1, 0.15) is 13.3 Å². The predicted octanol–water partition coefficient (Wildman–Crippen LogP) is 5.33. The van der Waals surface area contributed by atoms with Gasteiger partial charge in [-0.3, -0.25) is 0 Å². The van der Waals surface area contributed by atoms with Crippen LogP contribution in [0, 0.1) is 0 Å². The number of hydrogen-bond acceptors (Lipinski definition) is 3. The molecule has 0 unspecified atom stereocenters. The first-order valence-electron chi connectivity index (χ1n) is 6.34. The summed E-state index contributed by atoms with van der Waals surface area (Å²) in [6, 6.07) is 11.6.